The summed E-state index contributed by atoms with van der Waals surface area (Å²) in [5.41, 5.74) is 1.22. The van der Waals surface area contributed by atoms with Gasteiger partial charge in [-0.05, 0) is 65.4 Å². The van der Waals surface area contributed by atoms with E-state index in [9.17, 15) is 9.59 Å². The second-order valence-electron chi connectivity index (χ2n) is 6.09. The van der Waals surface area contributed by atoms with Gasteiger partial charge in [0.2, 0.25) is 0 Å². The number of thiocarbonyl (C=S) groups is 1. The number of thioether (sulfide) groups is 1. The van der Waals surface area contributed by atoms with Crippen molar-refractivity contribution in [3.05, 3.63) is 74.7 Å². The van der Waals surface area contributed by atoms with Gasteiger partial charge in [0.15, 0.2) is 11.5 Å². The zero-order valence-electron chi connectivity index (χ0n) is 16.1. The molecule has 0 saturated carbocycles. The minimum Gasteiger partial charge on any atom is -0.490 e. The second kappa shape index (κ2) is 10.2. The number of hydrogen-bond donors (Lipinski definition) is 0. The summed E-state index contributed by atoms with van der Waals surface area (Å²) in [6, 6.07) is 12.4. The molecule has 2 aromatic rings. The predicted octanol–water partition coefficient (Wildman–Crippen LogP) is 5.30. The largest absolute Gasteiger partial charge is 0.490 e. The summed E-state index contributed by atoms with van der Waals surface area (Å²) in [6.07, 6.45) is 3.38. The van der Waals surface area contributed by atoms with Crippen LogP contribution in [0.15, 0.2) is 60.0 Å². The fourth-order valence-electron chi connectivity index (χ4n) is 2.69. The van der Waals surface area contributed by atoms with E-state index in [2.05, 4.69) is 29.2 Å². The van der Waals surface area contributed by atoms with Crippen LogP contribution in [0.2, 0.25) is 0 Å². The second-order valence-corrected chi connectivity index (χ2v) is 8.93. The summed E-state index contributed by atoms with van der Waals surface area (Å²) < 4.78 is 12.5. The summed E-state index contributed by atoms with van der Waals surface area (Å²) in [5.74, 6) is 0.126. The molecule has 3 rings (SSSR count). The molecule has 2 aromatic carbocycles. The highest BCUT2D eigenvalue weighted by Gasteiger charge is 2.31. The molecular formula is C22H18INO4S2. The Bertz CT molecular complexity index is 1050. The lowest BCUT2D eigenvalue weighted by Gasteiger charge is -2.12. The average Bonchev–Trinajstić information content (AvgIpc) is 2.98. The van der Waals surface area contributed by atoms with Crippen molar-refractivity contribution in [1.29, 1.82) is 0 Å². The number of carbonyl (C=O) groups is 2. The highest BCUT2D eigenvalue weighted by molar-refractivity contribution is 14.1. The van der Waals surface area contributed by atoms with Gasteiger partial charge in [-0.15, -0.1) is 6.58 Å². The van der Waals surface area contributed by atoms with Crippen LogP contribution in [-0.2, 0) is 4.79 Å². The number of esters is 1. The van der Waals surface area contributed by atoms with Crippen LogP contribution in [0.4, 0.5) is 0 Å². The van der Waals surface area contributed by atoms with Crippen molar-refractivity contribution in [3.8, 4) is 11.5 Å². The molecule has 1 saturated heterocycles. The van der Waals surface area contributed by atoms with Gasteiger partial charge in [-0.1, -0.05) is 48.3 Å². The van der Waals surface area contributed by atoms with Crippen molar-refractivity contribution >= 4 is 68.8 Å². The van der Waals surface area contributed by atoms with Gasteiger partial charge in [-0.3, -0.25) is 9.69 Å². The van der Waals surface area contributed by atoms with E-state index in [1.807, 2.05) is 19.1 Å². The standard InChI is InChI=1S/C22H18INO4S2/c1-3-11-24-20(25)19(30-22(24)29)13-14-9-10-17(18(12-14)27-4-2)28-21(26)15-7-5-6-8-16(15)23/h3,5-10,12-13H,1,4,11H2,2H3/b19-13-. The van der Waals surface area contributed by atoms with Crippen LogP contribution in [-0.4, -0.2) is 34.2 Å². The number of hydrogen-bond acceptors (Lipinski definition) is 6. The van der Waals surface area contributed by atoms with E-state index >= 15 is 0 Å². The van der Waals surface area contributed by atoms with Crippen LogP contribution in [0.25, 0.3) is 6.08 Å². The molecule has 1 amide bonds. The molecule has 8 heteroatoms. The first-order chi connectivity index (χ1) is 14.4. The lowest BCUT2D eigenvalue weighted by atomic mass is 10.1. The molecule has 0 N–H and O–H groups in total. The van der Waals surface area contributed by atoms with Crippen LogP contribution in [0.1, 0.15) is 22.8 Å². The van der Waals surface area contributed by atoms with Gasteiger partial charge < -0.3 is 9.47 Å². The number of halogens is 1. The van der Waals surface area contributed by atoms with Gasteiger partial charge in [-0.2, -0.15) is 0 Å². The lowest BCUT2D eigenvalue weighted by molar-refractivity contribution is -0.121. The third-order valence-corrected chi connectivity index (χ3v) is 6.37. The zero-order chi connectivity index (χ0) is 21.7. The Kier molecular flexibility index (Phi) is 7.68. The van der Waals surface area contributed by atoms with Crippen LogP contribution < -0.4 is 9.47 Å². The lowest BCUT2D eigenvalue weighted by Crippen LogP contribution is -2.27. The number of amides is 1. The highest BCUT2D eigenvalue weighted by Crippen LogP contribution is 2.35. The first-order valence-corrected chi connectivity index (χ1v) is 11.3. The molecule has 0 spiro atoms. The summed E-state index contributed by atoms with van der Waals surface area (Å²) in [4.78, 5) is 27.1. The maximum absolute atomic E-state index is 12.6. The monoisotopic (exact) mass is 551 g/mol. The van der Waals surface area contributed by atoms with E-state index < -0.39 is 5.97 Å². The van der Waals surface area contributed by atoms with Gasteiger partial charge in [0.25, 0.3) is 5.91 Å². The van der Waals surface area contributed by atoms with Crippen LogP contribution in [0.3, 0.4) is 0 Å². The topological polar surface area (TPSA) is 55.8 Å². The molecule has 5 nitrogen and oxygen atoms in total. The van der Waals surface area contributed by atoms with E-state index in [0.29, 0.717) is 39.4 Å². The Balaban J connectivity index is 1.86. The van der Waals surface area contributed by atoms with Gasteiger partial charge in [0, 0.05) is 10.1 Å². The third kappa shape index (κ3) is 5.11. The van der Waals surface area contributed by atoms with Crippen LogP contribution in [0.5, 0.6) is 11.5 Å². The first kappa shape index (κ1) is 22.5. The molecule has 1 heterocycles. The Morgan fingerprint density at radius 1 is 1.27 bits per heavy atom. The van der Waals surface area contributed by atoms with Crippen molar-refractivity contribution in [2.45, 2.75) is 6.92 Å². The average molecular weight is 551 g/mol. The Labute approximate surface area is 198 Å². The van der Waals surface area contributed by atoms with Crippen molar-refractivity contribution in [2.24, 2.45) is 0 Å². The van der Waals surface area contributed by atoms with Crippen LogP contribution in [0, 0.1) is 3.57 Å². The zero-order valence-corrected chi connectivity index (χ0v) is 19.9. The fraction of sp³-hybridized carbons (Fsp3) is 0.136. The number of carbonyl (C=O) groups excluding carboxylic acids is 2. The third-order valence-electron chi connectivity index (χ3n) is 4.05. The molecule has 0 aromatic heterocycles. The fourth-order valence-corrected chi connectivity index (χ4v) is 4.57. The quantitative estimate of drug-likeness (QED) is 0.116. The number of ether oxygens (including phenoxy) is 2. The van der Waals surface area contributed by atoms with Crippen molar-refractivity contribution in [3.63, 3.8) is 0 Å². The van der Waals surface area contributed by atoms with E-state index in [1.54, 1.807) is 42.5 Å². The highest BCUT2D eigenvalue weighted by atomic mass is 127. The molecule has 0 radical (unpaired) electrons. The minimum absolute atomic E-state index is 0.156. The van der Waals surface area contributed by atoms with Crippen molar-refractivity contribution in [2.75, 3.05) is 13.2 Å². The molecule has 154 valence electrons. The van der Waals surface area contributed by atoms with E-state index in [4.69, 9.17) is 21.7 Å². The summed E-state index contributed by atoms with van der Waals surface area (Å²) in [7, 11) is 0. The van der Waals surface area contributed by atoms with Crippen LogP contribution >= 0.6 is 46.6 Å². The molecule has 0 bridgehead atoms. The first-order valence-electron chi connectivity index (χ1n) is 9.04. The molecule has 0 unspecified atom stereocenters. The maximum Gasteiger partial charge on any atom is 0.344 e. The molecular weight excluding hydrogens is 533 g/mol. The van der Waals surface area contributed by atoms with Gasteiger partial charge >= 0.3 is 5.97 Å². The smallest absolute Gasteiger partial charge is 0.344 e. The SMILES string of the molecule is C=CCN1C(=O)/C(=C/c2ccc(OC(=O)c3ccccc3I)c(OCC)c2)SC1=S. The Hall–Kier alpha value is -2.17. The summed E-state index contributed by atoms with van der Waals surface area (Å²) in [5, 5.41) is 0. The van der Waals surface area contributed by atoms with Crippen molar-refractivity contribution in [1.82, 2.24) is 4.90 Å². The maximum atomic E-state index is 12.6. The number of benzene rings is 2. The molecule has 0 atom stereocenters. The molecule has 1 aliphatic heterocycles. The predicted molar refractivity (Wildman–Crippen MR) is 132 cm³/mol. The molecule has 1 fully saturated rings. The van der Waals surface area contributed by atoms with E-state index in [-0.39, 0.29) is 5.91 Å². The van der Waals surface area contributed by atoms with Gasteiger partial charge in [-0.25, -0.2) is 4.79 Å². The minimum atomic E-state index is -0.459. The summed E-state index contributed by atoms with van der Waals surface area (Å²) in [6.45, 7) is 6.28. The van der Waals surface area contributed by atoms with E-state index in [0.717, 1.165) is 9.13 Å². The number of nitrogens with zero attached hydrogens (tertiary/aromatic N) is 1. The number of rotatable bonds is 7. The summed E-state index contributed by atoms with van der Waals surface area (Å²) >= 11 is 8.60. The Morgan fingerprint density at radius 3 is 2.73 bits per heavy atom. The molecule has 1 aliphatic rings. The van der Waals surface area contributed by atoms with Gasteiger partial charge in [0.05, 0.1) is 17.1 Å². The molecule has 0 aliphatic carbocycles. The molecule has 30 heavy (non-hydrogen) atoms. The van der Waals surface area contributed by atoms with E-state index in [1.165, 1.54) is 16.7 Å². The normalized spacial score (nSPS) is 14.9. The van der Waals surface area contributed by atoms with Crippen molar-refractivity contribution < 1.29 is 19.1 Å². The Morgan fingerprint density at radius 2 is 2.03 bits per heavy atom. The van der Waals surface area contributed by atoms with Gasteiger partial charge in [0.1, 0.15) is 4.32 Å².